The van der Waals surface area contributed by atoms with Crippen LogP contribution in [0.5, 0.6) is 5.75 Å². The van der Waals surface area contributed by atoms with Gasteiger partial charge < -0.3 is 26.5 Å². The number of aromatic hydroxyl groups is 1. The number of piperidine rings is 1. The summed E-state index contributed by atoms with van der Waals surface area (Å²) in [5.74, 6) is 0.522. The Hall–Kier alpha value is -3.15. The molecule has 1 aliphatic heterocycles. The number of carbonyl (C=O) groups is 1. The third kappa shape index (κ3) is 3.44. The molecule has 1 aromatic heterocycles. The molecule has 2 heterocycles. The number of aromatic amines is 1. The molecule has 1 atom stereocenters. The third-order valence-corrected chi connectivity index (χ3v) is 4.75. The zero-order valence-corrected chi connectivity index (χ0v) is 14.6. The quantitative estimate of drug-likeness (QED) is 0.634. The first-order chi connectivity index (χ1) is 12.5. The van der Waals surface area contributed by atoms with Gasteiger partial charge in [0, 0.05) is 29.1 Å². The molecule has 1 aromatic carbocycles. The molecular weight excluding hydrogens is 328 g/mol. The van der Waals surface area contributed by atoms with Crippen LogP contribution in [0.25, 0.3) is 11.8 Å². The summed E-state index contributed by atoms with van der Waals surface area (Å²) in [7, 11) is 0. The number of likely N-dealkylation sites (tertiary alicyclic amines) is 1. The second kappa shape index (κ2) is 7.39. The van der Waals surface area contributed by atoms with E-state index >= 15 is 0 Å². The number of phenolic OH excluding ortho intramolecular Hbond substituents is 1. The maximum absolute atomic E-state index is 12.1. The summed E-state index contributed by atoms with van der Waals surface area (Å²) in [6, 6.07) is 8.75. The van der Waals surface area contributed by atoms with Crippen LogP contribution in [0.1, 0.15) is 42.1 Å². The third-order valence-electron chi connectivity index (χ3n) is 4.75. The Labute approximate surface area is 152 Å². The van der Waals surface area contributed by atoms with Crippen molar-refractivity contribution in [2.75, 3.05) is 12.3 Å². The van der Waals surface area contributed by atoms with Gasteiger partial charge in [0.05, 0.1) is 6.04 Å². The predicted octanol–water partition coefficient (Wildman–Crippen LogP) is 3.00. The minimum atomic E-state index is -0.0753. The largest absolute Gasteiger partial charge is 0.507 e. The average molecular weight is 352 g/mol. The highest BCUT2D eigenvalue weighted by Crippen LogP contribution is 2.33. The van der Waals surface area contributed by atoms with Crippen molar-refractivity contribution >= 4 is 23.5 Å². The van der Waals surface area contributed by atoms with Crippen molar-refractivity contribution in [2.24, 2.45) is 5.73 Å². The normalized spacial score (nSPS) is 17.9. The number of anilines is 1. The molecule has 6 nitrogen and oxygen atoms in total. The van der Waals surface area contributed by atoms with Crippen molar-refractivity contribution < 1.29 is 9.90 Å². The zero-order valence-electron chi connectivity index (χ0n) is 14.6. The lowest BCUT2D eigenvalue weighted by Gasteiger charge is -2.34. The number of phenols is 1. The summed E-state index contributed by atoms with van der Waals surface area (Å²) in [6.07, 6.45) is 5.99. The van der Waals surface area contributed by atoms with Crippen LogP contribution in [0, 0.1) is 0 Å². The van der Waals surface area contributed by atoms with Gasteiger partial charge in [-0.15, -0.1) is 0 Å². The number of nitrogens with zero attached hydrogens (tertiary/aromatic N) is 1. The SMILES string of the molecule is C=CC(=O)N1CCCCC1c1cc(/C=C(\N)c2ccccc2O)c(N)[nH]1. The van der Waals surface area contributed by atoms with E-state index in [1.807, 2.05) is 17.0 Å². The molecule has 0 bridgehead atoms. The fraction of sp³-hybridized carbons (Fsp3) is 0.250. The summed E-state index contributed by atoms with van der Waals surface area (Å²) >= 11 is 0. The Balaban J connectivity index is 1.91. The van der Waals surface area contributed by atoms with Crippen molar-refractivity contribution in [3.63, 3.8) is 0 Å². The fourth-order valence-electron chi connectivity index (χ4n) is 3.41. The minimum absolute atomic E-state index is 0.0509. The van der Waals surface area contributed by atoms with E-state index in [0.717, 1.165) is 30.5 Å². The van der Waals surface area contributed by atoms with Gasteiger partial charge in [-0.2, -0.15) is 0 Å². The molecular formula is C20H24N4O2. The molecule has 1 aliphatic rings. The topological polar surface area (TPSA) is 108 Å². The van der Waals surface area contributed by atoms with Crippen LogP contribution in [0.15, 0.2) is 43.0 Å². The average Bonchev–Trinajstić information content (AvgIpc) is 3.01. The van der Waals surface area contributed by atoms with Gasteiger partial charge in [-0.25, -0.2) is 0 Å². The van der Waals surface area contributed by atoms with Gasteiger partial charge in [0.15, 0.2) is 0 Å². The van der Waals surface area contributed by atoms with Crippen molar-refractivity contribution in [2.45, 2.75) is 25.3 Å². The Kier molecular flexibility index (Phi) is 5.02. The Morgan fingerprint density at radius 3 is 2.85 bits per heavy atom. The molecule has 0 spiro atoms. The lowest BCUT2D eigenvalue weighted by atomic mass is 9.99. The van der Waals surface area contributed by atoms with Gasteiger partial charge >= 0.3 is 0 Å². The highest BCUT2D eigenvalue weighted by Gasteiger charge is 2.28. The van der Waals surface area contributed by atoms with E-state index in [2.05, 4.69) is 11.6 Å². The second-order valence-electron chi connectivity index (χ2n) is 6.46. The van der Waals surface area contributed by atoms with Crippen molar-refractivity contribution in [3.05, 3.63) is 59.8 Å². The molecule has 2 aromatic rings. The van der Waals surface area contributed by atoms with Crippen molar-refractivity contribution in [1.29, 1.82) is 0 Å². The van der Waals surface area contributed by atoms with Gasteiger partial charge in [0.2, 0.25) is 5.91 Å². The number of nitrogen functional groups attached to an aromatic ring is 1. The number of hydrogen-bond donors (Lipinski definition) is 4. The van der Waals surface area contributed by atoms with Crippen molar-refractivity contribution in [3.8, 4) is 5.75 Å². The molecule has 6 heteroatoms. The molecule has 136 valence electrons. The summed E-state index contributed by atoms with van der Waals surface area (Å²) in [5.41, 5.74) is 14.8. The number of benzene rings is 1. The first-order valence-electron chi connectivity index (χ1n) is 8.68. The number of para-hydroxylation sites is 1. The first-order valence-corrected chi connectivity index (χ1v) is 8.68. The summed E-state index contributed by atoms with van der Waals surface area (Å²) < 4.78 is 0. The minimum Gasteiger partial charge on any atom is -0.507 e. The smallest absolute Gasteiger partial charge is 0.246 e. The number of carbonyl (C=O) groups excluding carboxylic acids is 1. The number of hydrogen-bond acceptors (Lipinski definition) is 4. The number of nitrogens with two attached hydrogens (primary N) is 2. The number of amides is 1. The summed E-state index contributed by atoms with van der Waals surface area (Å²) in [6.45, 7) is 4.30. The summed E-state index contributed by atoms with van der Waals surface area (Å²) in [4.78, 5) is 17.1. The highest BCUT2D eigenvalue weighted by molar-refractivity contribution is 5.88. The van der Waals surface area contributed by atoms with Gasteiger partial charge in [0.1, 0.15) is 11.6 Å². The van der Waals surface area contributed by atoms with Crippen LogP contribution in [0.3, 0.4) is 0 Å². The van der Waals surface area contributed by atoms with E-state index < -0.39 is 0 Å². The number of rotatable bonds is 4. The van der Waals surface area contributed by atoms with Crippen LogP contribution >= 0.6 is 0 Å². The lowest BCUT2D eigenvalue weighted by molar-refractivity contribution is -0.129. The van der Waals surface area contributed by atoms with Gasteiger partial charge in [-0.3, -0.25) is 4.79 Å². The lowest BCUT2D eigenvalue weighted by Crippen LogP contribution is -2.37. The maximum atomic E-state index is 12.1. The Morgan fingerprint density at radius 1 is 1.35 bits per heavy atom. The number of nitrogens with one attached hydrogen (secondary N) is 1. The van der Waals surface area contributed by atoms with E-state index in [9.17, 15) is 9.90 Å². The highest BCUT2D eigenvalue weighted by atomic mass is 16.3. The standard InChI is InChI=1S/C20H24N4O2/c1-2-19(26)24-10-6-5-8-17(24)16-12-13(20(22)23-16)11-15(21)14-7-3-4-9-18(14)25/h2-4,7,9,11-12,17,23,25H,1,5-6,8,10,21-22H2/b15-11-. The van der Waals surface area contributed by atoms with Gasteiger partial charge in [-0.05, 0) is 49.6 Å². The van der Waals surface area contributed by atoms with E-state index in [-0.39, 0.29) is 17.7 Å². The number of H-pyrrole nitrogens is 1. The zero-order chi connectivity index (χ0) is 18.7. The first kappa shape index (κ1) is 17.7. The van der Waals surface area contributed by atoms with E-state index in [4.69, 9.17) is 11.5 Å². The van der Waals surface area contributed by atoms with Crippen LogP contribution in [-0.4, -0.2) is 27.4 Å². The molecule has 1 amide bonds. The van der Waals surface area contributed by atoms with Crippen LogP contribution in [-0.2, 0) is 4.79 Å². The molecule has 0 aliphatic carbocycles. The molecule has 1 saturated heterocycles. The number of aromatic nitrogens is 1. The maximum Gasteiger partial charge on any atom is 0.246 e. The van der Waals surface area contributed by atoms with Crippen molar-refractivity contribution in [1.82, 2.24) is 9.88 Å². The molecule has 6 N–H and O–H groups in total. The molecule has 0 saturated carbocycles. The molecule has 0 radical (unpaired) electrons. The van der Waals surface area contributed by atoms with Gasteiger partial charge in [-0.1, -0.05) is 18.7 Å². The Morgan fingerprint density at radius 2 is 2.12 bits per heavy atom. The van der Waals surface area contributed by atoms with E-state index in [1.165, 1.54) is 6.08 Å². The van der Waals surface area contributed by atoms with E-state index in [0.29, 0.717) is 23.6 Å². The molecule has 1 unspecified atom stereocenters. The van der Waals surface area contributed by atoms with Crippen LogP contribution < -0.4 is 11.5 Å². The second-order valence-corrected chi connectivity index (χ2v) is 6.46. The van der Waals surface area contributed by atoms with Crippen LogP contribution in [0.4, 0.5) is 5.82 Å². The predicted molar refractivity (Wildman–Crippen MR) is 104 cm³/mol. The molecule has 3 rings (SSSR count). The van der Waals surface area contributed by atoms with Crippen LogP contribution in [0.2, 0.25) is 0 Å². The molecule has 1 fully saturated rings. The van der Waals surface area contributed by atoms with Gasteiger partial charge in [0.25, 0.3) is 0 Å². The fourth-order valence-corrected chi connectivity index (χ4v) is 3.41. The molecule has 26 heavy (non-hydrogen) atoms. The Bertz CT molecular complexity index is 853. The van der Waals surface area contributed by atoms with E-state index in [1.54, 1.807) is 24.3 Å². The monoisotopic (exact) mass is 352 g/mol. The summed E-state index contributed by atoms with van der Waals surface area (Å²) in [5, 5.41) is 9.95.